The number of oxazole rings is 1. The SMILES string of the molecule is COC1(C)CN(c2nc(C(=O)Nc3cc(O)c(OC4CC5C[C@H]5C4)c(F)c3)c(CC(F)(F)F)o2)C1. The average Bonchev–Trinajstić information content (AvgIpc) is 3.14. The number of fused-ring (bicyclic) bond motifs is 1. The molecule has 2 saturated carbocycles. The van der Waals surface area contributed by atoms with Crippen LogP contribution in [0.2, 0.25) is 0 Å². The maximum atomic E-state index is 14.7. The Balaban J connectivity index is 1.32. The van der Waals surface area contributed by atoms with Gasteiger partial charge < -0.3 is 29.2 Å². The highest BCUT2D eigenvalue weighted by atomic mass is 19.4. The maximum absolute atomic E-state index is 14.7. The second kappa shape index (κ2) is 8.28. The van der Waals surface area contributed by atoms with E-state index in [1.807, 2.05) is 6.92 Å². The van der Waals surface area contributed by atoms with Crippen molar-refractivity contribution in [3.8, 4) is 11.5 Å². The number of nitrogens with zero attached hydrogens (tertiary/aromatic N) is 2. The van der Waals surface area contributed by atoms with Crippen molar-refractivity contribution in [1.82, 2.24) is 4.98 Å². The number of anilines is 2. The van der Waals surface area contributed by atoms with Crippen molar-refractivity contribution < 1.29 is 41.4 Å². The third-order valence-electron chi connectivity index (χ3n) is 6.84. The van der Waals surface area contributed by atoms with Gasteiger partial charge in [-0.3, -0.25) is 4.79 Å². The van der Waals surface area contributed by atoms with Crippen LogP contribution in [-0.2, 0) is 11.2 Å². The minimum absolute atomic E-state index is 0.142. The fraction of sp³-hybridized carbons (Fsp3) is 0.565. The van der Waals surface area contributed by atoms with Crippen LogP contribution in [0.4, 0.5) is 29.3 Å². The van der Waals surface area contributed by atoms with E-state index >= 15 is 0 Å². The smallest absolute Gasteiger partial charge is 0.396 e. The van der Waals surface area contributed by atoms with Crippen molar-refractivity contribution >= 4 is 17.6 Å². The van der Waals surface area contributed by atoms with E-state index in [2.05, 4.69) is 10.3 Å². The van der Waals surface area contributed by atoms with Crippen LogP contribution in [0.15, 0.2) is 16.5 Å². The van der Waals surface area contributed by atoms with Crippen molar-refractivity contribution in [1.29, 1.82) is 0 Å². The molecule has 1 aliphatic heterocycles. The van der Waals surface area contributed by atoms with E-state index in [0.717, 1.165) is 31.4 Å². The molecule has 190 valence electrons. The quantitative estimate of drug-likeness (QED) is 0.549. The minimum Gasteiger partial charge on any atom is -0.504 e. The Labute approximate surface area is 198 Å². The predicted molar refractivity (Wildman–Crippen MR) is 115 cm³/mol. The molecule has 0 spiro atoms. The van der Waals surface area contributed by atoms with Gasteiger partial charge in [-0.1, -0.05) is 0 Å². The van der Waals surface area contributed by atoms with E-state index in [0.29, 0.717) is 24.9 Å². The molecule has 3 aliphatic rings. The Kier molecular flexibility index (Phi) is 5.61. The van der Waals surface area contributed by atoms with Gasteiger partial charge in [-0.25, -0.2) is 4.39 Å². The number of rotatable bonds is 7. The van der Waals surface area contributed by atoms with Crippen molar-refractivity contribution in [2.75, 3.05) is 30.4 Å². The largest absolute Gasteiger partial charge is 0.504 e. The first-order chi connectivity index (χ1) is 16.4. The Morgan fingerprint density at radius 3 is 2.57 bits per heavy atom. The lowest BCUT2D eigenvalue weighted by Gasteiger charge is -2.45. The number of carbonyl (C=O) groups is 1. The van der Waals surface area contributed by atoms with E-state index in [9.17, 15) is 27.5 Å². The zero-order valence-corrected chi connectivity index (χ0v) is 19.1. The predicted octanol–water partition coefficient (Wildman–Crippen LogP) is 4.28. The molecule has 2 aliphatic carbocycles. The summed E-state index contributed by atoms with van der Waals surface area (Å²) in [6.45, 7) is 2.46. The number of carbonyl (C=O) groups excluding carboxylic acids is 1. The molecule has 3 atom stereocenters. The van der Waals surface area contributed by atoms with Crippen molar-refractivity contribution in [3.05, 3.63) is 29.4 Å². The van der Waals surface area contributed by atoms with Gasteiger partial charge in [0.25, 0.3) is 11.9 Å². The molecule has 3 fully saturated rings. The number of hydrogen-bond donors (Lipinski definition) is 2. The van der Waals surface area contributed by atoms with Crippen molar-refractivity contribution in [3.63, 3.8) is 0 Å². The van der Waals surface area contributed by atoms with Gasteiger partial charge in [0, 0.05) is 24.9 Å². The van der Waals surface area contributed by atoms with Crippen LogP contribution >= 0.6 is 0 Å². The lowest BCUT2D eigenvalue weighted by molar-refractivity contribution is -0.130. The van der Waals surface area contributed by atoms with Crippen LogP contribution in [0.5, 0.6) is 11.5 Å². The molecule has 12 heteroatoms. The van der Waals surface area contributed by atoms with Gasteiger partial charge in [0.05, 0.1) is 19.2 Å². The molecule has 1 aromatic heterocycles. The van der Waals surface area contributed by atoms with E-state index in [1.165, 1.54) is 7.11 Å². The van der Waals surface area contributed by atoms with E-state index in [-0.39, 0.29) is 23.6 Å². The summed E-state index contributed by atoms with van der Waals surface area (Å²) in [7, 11) is 1.52. The summed E-state index contributed by atoms with van der Waals surface area (Å²) in [6.07, 6.45) is -3.57. The normalized spacial score (nSPS) is 24.6. The zero-order chi connectivity index (χ0) is 25.1. The van der Waals surface area contributed by atoms with Crippen LogP contribution in [0.3, 0.4) is 0 Å². The first-order valence-corrected chi connectivity index (χ1v) is 11.3. The number of nitrogens with one attached hydrogen (secondary N) is 1. The van der Waals surface area contributed by atoms with Gasteiger partial charge in [-0.2, -0.15) is 18.2 Å². The van der Waals surface area contributed by atoms with Crippen LogP contribution in [-0.4, -0.2) is 54.1 Å². The third kappa shape index (κ3) is 4.89. The Bertz CT molecular complexity index is 1110. The lowest BCUT2D eigenvalue weighted by Crippen LogP contribution is -2.61. The Morgan fingerprint density at radius 1 is 1.29 bits per heavy atom. The summed E-state index contributed by atoms with van der Waals surface area (Å²) >= 11 is 0. The van der Waals surface area contributed by atoms with Crippen LogP contribution in [0.1, 0.15) is 42.4 Å². The number of hydrogen-bond acceptors (Lipinski definition) is 7. The minimum atomic E-state index is -4.65. The Hall–Kier alpha value is -3.02. The molecule has 2 heterocycles. The number of aromatic nitrogens is 1. The summed E-state index contributed by atoms with van der Waals surface area (Å²) in [4.78, 5) is 18.3. The molecule has 8 nitrogen and oxygen atoms in total. The fourth-order valence-electron chi connectivity index (χ4n) is 4.86. The molecule has 2 unspecified atom stereocenters. The van der Waals surface area contributed by atoms with Gasteiger partial charge >= 0.3 is 6.18 Å². The number of halogens is 4. The number of alkyl halides is 3. The molecule has 0 bridgehead atoms. The molecule has 1 amide bonds. The zero-order valence-electron chi connectivity index (χ0n) is 19.1. The van der Waals surface area contributed by atoms with E-state index in [4.69, 9.17) is 13.9 Å². The van der Waals surface area contributed by atoms with Crippen LogP contribution in [0, 0.1) is 17.7 Å². The standard InChI is InChI=1S/C23H25F4N3O5/c1-22(33-2)9-30(10-22)21-29-18(17(35-21)8-23(25,26)27)20(32)28-13-6-15(24)19(16(31)7-13)34-14-4-11-3-12(11)5-14/h6-7,11-12,14,31H,3-5,8-10H2,1-2H3,(H,28,32)/t11-,12?,14?/m0/s1. The second-order valence-electron chi connectivity index (χ2n) is 9.80. The number of phenolic OH excluding ortho intramolecular Hbond substituents is 1. The van der Waals surface area contributed by atoms with Crippen molar-refractivity contribution in [2.24, 2.45) is 11.8 Å². The monoisotopic (exact) mass is 499 g/mol. The fourth-order valence-corrected chi connectivity index (χ4v) is 4.86. The number of benzene rings is 1. The van der Waals surface area contributed by atoms with Gasteiger partial charge in [0.2, 0.25) is 0 Å². The lowest BCUT2D eigenvalue weighted by atomic mass is 9.97. The topological polar surface area (TPSA) is 97.1 Å². The molecule has 5 rings (SSSR count). The first-order valence-electron chi connectivity index (χ1n) is 11.3. The third-order valence-corrected chi connectivity index (χ3v) is 6.84. The molecule has 2 aromatic rings. The van der Waals surface area contributed by atoms with Gasteiger partial charge in [-0.15, -0.1) is 0 Å². The highest BCUT2D eigenvalue weighted by molar-refractivity contribution is 6.04. The van der Waals surface area contributed by atoms with Gasteiger partial charge in [0.1, 0.15) is 17.8 Å². The number of ether oxygens (including phenoxy) is 2. The first kappa shape index (κ1) is 23.7. The van der Waals surface area contributed by atoms with Crippen LogP contribution in [0.25, 0.3) is 0 Å². The number of aromatic hydroxyl groups is 1. The molecular formula is C23H25F4N3O5. The molecule has 2 N–H and O–H groups in total. The van der Waals surface area contributed by atoms with Crippen LogP contribution < -0.4 is 15.0 Å². The summed E-state index contributed by atoms with van der Waals surface area (Å²) in [5.41, 5.74) is -1.24. The highest BCUT2D eigenvalue weighted by Gasteiger charge is 2.47. The second-order valence-corrected chi connectivity index (χ2v) is 9.80. The molecular weight excluding hydrogens is 474 g/mol. The summed E-state index contributed by atoms with van der Waals surface area (Å²) in [5, 5.41) is 12.6. The summed E-state index contributed by atoms with van der Waals surface area (Å²) < 4.78 is 70.1. The number of amides is 1. The molecule has 0 radical (unpaired) electrons. The average molecular weight is 499 g/mol. The van der Waals surface area contributed by atoms with Gasteiger partial charge in [-0.05, 0) is 38.0 Å². The highest BCUT2D eigenvalue weighted by Crippen LogP contribution is 2.53. The molecule has 1 saturated heterocycles. The number of phenols is 1. The maximum Gasteiger partial charge on any atom is 0.396 e. The van der Waals surface area contributed by atoms with E-state index in [1.54, 1.807) is 4.90 Å². The van der Waals surface area contributed by atoms with E-state index < -0.39 is 47.1 Å². The molecule has 35 heavy (non-hydrogen) atoms. The summed E-state index contributed by atoms with van der Waals surface area (Å²) in [5.74, 6) is -2.22. The molecule has 1 aromatic carbocycles. The number of methoxy groups -OCH3 is 1. The van der Waals surface area contributed by atoms with Crippen molar-refractivity contribution in [2.45, 2.75) is 50.5 Å². The van der Waals surface area contributed by atoms with Gasteiger partial charge in [0.15, 0.2) is 23.0 Å². The summed E-state index contributed by atoms with van der Waals surface area (Å²) in [6, 6.07) is 1.87. The Morgan fingerprint density at radius 2 is 1.97 bits per heavy atom.